The Kier molecular flexibility index (Phi) is 4.77. The summed E-state index contributed by atoms with van der Waals surface area (Å²) in [7, 11) is 0. The van der Waals surface area contributed by atoms with E-state index in [1.165, 1.54) is 6.21 Å². The van der Waals surface area contributed by atoms with Gasteiger partial charge in [0.2, 0.25) is 5.91 Å². The first-order valence-corrected chi connectivity index (χ1v) is 7.78. The number of nitrogens with zero attached hydrogens (tertiary/aromatic N) is 1. The summed E-state index contributed by atoms with van der Waals surface area (Å²) in [6, 6.07) is 18.2. The van der Waals surface area contributed by atoms with Crippen molar-refractivity contribution in [2.45, 2.75) is 6.42 Å². The summed E-state index contributed by atoms with van der Waals surface area (Å²) in [5.41, 5.74) is 3.89. The van der Waals surface area contributed by atoms with Crippen LogP contribution in [0.3, 0.4) is 0 Å². The van der Waals surface area contributed by atoms with E-state index >= 15 is 0 Å². The van der Waals surface area contributed by atoms with Crippen molar-refractivity contribution in [2.24, 2.45) is 5.10 Å². The molecule has 24 heavy (non-hydrogen) atoms. The number of aromatic hydroxyl groups is 1. The number of hydrogen-bond acceptors (Lipinski definition) is 3. The molecule has 0 fully saturated rings. The molecule has 1 amide bonds. The van der Waals surface area contributed by atoms with Crippen molar-refractivity contribution in [3.63, 3.8) is 0 Å². The number of halogens is 1. The van der Waals surface area contributed by atoms with Gasteiger partial charge in [0, 0.05) is 10.6 Å². The van der Waals surface area contributed by atoms with Crippen LogP contribution in [0.25, 0.3) is 10.8 Å². The number of phenolic OH excluding ortho intramolecular Hbond substituents is 1. The number of hydrazone groups is 1. The third kappa shape index (κ3) is 3.73. The monoisotopic (exact) mass is 338 g/mol. The van der Waals surface area contributed by atoms with Gasteiger partial charge in [0.05, 0.1) is 12.6 Å². The quantitative estimate of drug-likeness (QED) is 0.560. The fraction of sp³-hybridized carbons (Fsp3) is 0.0526. The molecule has 3 rings (SSSR count). The summed E-state index contributed by atoms with van der Waals surface area (Å²) in [5.74, 6) is -0.127. The highest BCUT2D eigenvalue weighted by Crippen LogP contribution is 2.25. The van der Waals surface area contributed by atoms with Crippen LogP contribution in [0.5, 0.6) is 5.75 Å². The van der Waals surface area contributed by atoms with E-state index in [0.717, 1.165) is 16.3 Å². The van der Waals surface area contributed by atoms with Crippen LogP contribution < -0.4 is 5.43 Å². The second-order valence-corrected chi connectivity index (χ2v) is 5.75. The van der Waals surface area contributed by atoms with Crippen LogP contribution >= 0.6 is 11.6 Å². The number of benzene rings is 3. The SMILES string of the molecule is O=C(Cc1ccc(Cl)cc1)NN=Cc1c(O)ccc2ccccc12. The second-order valence-electron chi connectivity index (χ2n) is 5.32. The Morgan fingerprint density at radius 2 is 1.83 bits per heavy atom. The molecule has 120 valence electrons. The first-order valence-electron chi connectivity index (χ1n) is 7.40. The summed E-state index contributed by atoms with van der Waals surface area (Å²) in [5, 5.41) is 16.5. The van der Waals surface area contributed by atoms with Crippen molar-refractivity contribution in [3.05, 3.63) is 76.8 Å². The largest absolute Gasteiger partial charge is 0.507 e. The Morgan fingerprint density at radius 3 is 2.62 bits per heavy atom. The summed E-state index contributed by atoms with van der Waals surface area (Å²) < 4.78 is 0. The molecule has 5 heteroatoms. The van der Waals surface area contributed by atoms with Crippen molar-refractivity contribution >= 4 is 34.5 Å². The van der Waals surface area contributed by atoms with Crippen molar-refractivity contribution in [3.8, 4) is 5.75 Å². The van der Waals surface area contributed by atoms with Crippen LogP contribution in [0.2, 0.25) is 5.02 Å². The van der Waals surface area contributed by atoms with Crippen LogP contribution in [0, 0.1) is 0 Å². The van der Waals surface area contributed by atoms with Crippen LogP contribution in [0.15, 0.2) is 65.8 Å². The smallest absolute Gasteiger partial charge is 0.244 e. The first kappa shape index (κ1) is 16.0. The van der Waals surface area contributed by atoms with Crippen LogP contribution in [-0.4, -0.2) is 17.2 Å². The third-order valence-corrected chi connectivity index (χ3v) is 3.86. The molecule has 0 atom stereocenters. The number of carbonyl (C=O) groups is 1. The normalized spacial score (nSPS) is 11.0. The lowest BCUT2D eigenvalue weighted by Crippen LogP contribution is -2.19. The maximum atomic E-state index is 11.9. The van der Waals surface area contributed by atoms with Gasteiger partial charge in [0.25, 0.3) is 0 Å². The standard InChI is InChI=1S/C19H15ClN2O2/c20-15-8-5-13(6-9-15)11-19(24)22-21-12-17-16-4-2-1-3-14(16)7-10-18(17)23/h1-10,12,23H,11H2,(H,22,24). The number of fused-ring (bicyclic) bond motifs is 1. The molecular formula is C19H15ClN2O2. The lowest BCUT2D eigenvalue weighted by atomic mass is 10.0. The molecule has 0 saturated carbocycles. The fourth-order valence-electron chi connectivity index (χ4n) is 2.42. The Labute approximate surface area is 144 Å². The predicted molar refractivity (Wildman–Crippen MR) is 96.5 cm³/mol. The maximum absolute atomic E-state index is 11.9. The molecule has 3 aromatic rings. The zero-order valence-corrected chi connectivity index (χ0v) is 13.5. The molecule has 0 aliphatic heterocycles. The van der Waals surface area contributed by atoms with Gasteiger partial charge in [-0.3, -0.25) is 4.79 Å². The Hall–Kier alpha value is -2.85. The first-order chi connectivity index (χ1) is 11.6. The Bertz CT molecular complexity index is 905. The number of carbonyl (C=O) groups excluding carboxylic acids is 1. The lowest BCUT2D eigenvalue weighted by Gasteiger charge is -2.05. The summed E-state index contributed by atoms with van der Waals surface area (Å²) in [6.45, 7) is 0. The van der Waals surface area contributed by atoms with Gasteiger partial charge in [-0.2, -0.15) is 5.10 Å². The van der Waals surface area contributed by atoms with Gasteiger partial charge in [-0.25, -0.2) is 5.43 Å². The minimum absolute atomic E-state index is 0.115. The Morgan fingerprint density at radius 1 is 1.08 bits per heavy atom. The van der Waals surface area contributed by atoms with Crippen molar-refractivity contribution in [2.75, 3.05) is 0 Å². The highest BCUT2D eigenvalue weighted by atomic mass is 35.5. The molecule has 0 aromatic heterocycles. The molecule has 0 bridgehead atoms. The minimum Gasteiger partial charge on any atom is -0.507 e. The van der Waals surface area contributed by atoms with Gasteiger partial charge >= 0.3 is 0 Å². The molecule has 0 heterocycles. The topological polar surface area (TPSA) is 61.7 Å². The molecular weight excluding hydrogens is 324 g/mol. The molecule has 3 aromatic carbocycles. The average molecular weight is 339 g/mol. The molecule has 0 spiro atoms. The summed E-state index contributed by atoms with van der Waals surface area (Å²) in [4.78, 5) is 11.9. The maximum Gasteiger partial charge on any atom is 0.244 e. The van der Waals surface area contributed by atoms with Gasteiger partial charge in [-0.15, -0.1) is 0 Å². The van der Waals surface area contributed by atoms with Crippen molar-refractivity contribution in [1.29, 1.82) is 0 Å². The minimum atomic E-state index is -0.242. The van der Waals surface area contributed by atoms with Gasteiger partial charge in [0.15, 0.2) is 0 Å². The molecule has 4 nitrogen and oxygen atoms in total. The molecule has 0 aliphatic rings. The van der Waals surface area contributed by atoms with E-state index in [1.54, 1.807) is 30.3 Å². The second kappa shape index (κ2) is 7.15. The number of hydrogen-bond donors (Lipinski definition) is 2. The molecule has 0 aliphatic carbocycles. The van der Waals surface area contributed by atoms with Gasteiger partial charge in [-0.1, -0.05) is 54.1 Å². The number of phenols is 1. The Balaban J connectivity index is 1.71. The van der Waals surface area contributed by atoms with E-state index in [-0.39, 0.29) is 18.1 Å². The fourth-order valence-corrected chi connectivity index (χ4v) is 2.54. The average Bonchev–Trinajstić information content (AvgIpc) is 2.59. The van der Waals surface area contributed by atoms with Crippen molar-refractivity contribution in [1.82, 2.24) is 5.43 Å². The van der Waals surface area contributed by atoms with Gasteiger partial charge in [0.1, 0.15) is 5.75 Å². The van der Waals surface area contributed by atoms with E-state index in [0.29, 0.717) is 10.6 Å². The van der Waals surface area contributed by atoms with Crippen molar-refractivity contribution < 1.29 is 9.90 Å². The zero-order chi connectivity index (χ0) is 16.9. The predicted octanol–water partition coefficient (Wildman–Crippen LogP) is 3.89. The van der Waals surface area contributed by atoms with E-state index in [2.05, 4.69) is 10.5 Å². The van der Waals surface area contributed by atoms with Crippen LogP contribution in [-0.2, 0) is 11.2 Å². The highest BCUT2D eigenvalue weighted by Gasteiger charge is 2.05. The number of rotatable bonds is 4. The van der Waals surface area contributed by atoms with Gasteiger partial charge < -0.3 is 5.11 Å². The summed E-state index contributed by atoms with van der Waals surface area (Å²) >= 11 is 5.81. The van der Waals surface area contributed by atoms with E-state index in [4.69, 9.17) is 11.6 Å². The third-order valence-electron chi connectivity index (χ3n) is 3.61. The van der Waals surface area contributed by atoms with E-state index in [9.17, 15) is 9.90 Å². The van der Waals surface area contributed by atoms with E-state index in [1.807, 2.05) is 30.3 Å². The molecule has 2 N–H and O–H groups in total. The van der Waals surface area contributed by atoms with Crippen LogP contribution in [0.4, 0.5) is 0 Å². The lowest BCUT2D eigenvalue weighted by molar-refractivity contribution is -0.120. The zero-order valence-electron chi connectivity index (χ0n) is 12.7. The summed E-state index contributed by atoms with van der Waals surface area (Å²) in [6.07, 6.45) is 1.66. The highest BCUT2D eigenvalue weighted by molar-refractivity contribution is 6.30. The number of amides is 1. The molecule has 0 unspecified atom stereocenters. The molecule has 0 saturated heterocycles. The van der Waals surface area contributed by atoms with Crippen LogP contribution in [0.1, 0.15) is 11.1 Å². The number of nitrogens with one attached hydrogen (secondary N) is 1. The van der Waals surface area contributed by atoms with Gasteiger partial charge in [-0.05, 0) is 34.5 Å². The van der Waals surface area contributed by atoms with E-state index < -0.39 is 0 Å². The molecule has 0 radical (unpaired) electrons.